The molecular formula is C18H18N2O4S. The molecule has 0 spiro atoms. The van der Waals surface area contributed by atoms with Crippen LogP contribution in [0.2, 0.25) is 0 Å². The van der Waals surface area contributed by atoms with Gasteiger partial charge in [-0.1, -0.05) is 6.07 Å². The van der Waals surface area contributed by atoms with Crippen molar-refractivity contribution in [1.82, 2.24) is 5.32 Å². The molecule has 0 aliphatic carbocycles. The van der Waals surface area contributed by atoms with E-state index >= 15 is 0 Å². The van der Waals surface area contributed by atoms with Gasteiger partial charge in [0.25, 0.3) is 0 Å². The molecule has 1 atom stereocenters. The van der Waals surface area contributed by atoms with Gasteiger partial charge in [-0.05, 0) is 23.6 Å². The summed E-state index contributed by atoms with van der Waals surface area (Å²) >= 11 is 1.60. The molecule has 0 radical (unpaired) electrons. The number of nitrogens with zero attached hydrogens (tertiary/aromatic N) is 1. The summed E-state index contributed by atoms with van der Waals surface area (Å²) in [6.07, 6.45) is 0.227. The monoisotopic (exact) mass is 358 g/mol. The molecule has 0 bridgehead atoms. The van der Waals surface area contributed by atoms with Crippen LogP contribution < -0.4 is 19.7 Å². The fraction of sp³-hybridized carbons (Fsp3) is 0.333. The molecule has 1 aromatic heterocycles. The molecule has 2 aliphatic heterocycles. The summed E-state index contributed by atoms with van der Waals surface area (Å²) in [5, 5.41) is 4.89. The Balaban J connectivity index is 1.42. The van der Waals surface area contributed by atoms with Gasteiger partial charge < -0.3 is 19.7 Å². The molecule has 1 saturated heterocycles. The average molecular weight is 358 g/mol. The number of anilines is 1. The summed E-state index contributed by atoms with van der Waals surface area (Å²) in [5.41, 5.74) is 0.739. The molecule has 7 heteroatoms. The van der Waals surface area contributed by atoms with Crippen molar-refractivity contribution in [3.8, 4) is 11.5 Å². The third-order valence-electron chi connectivity index (χ3n) is 4.35. The third kappa shape index (κ3) is 3.32. The Morgan fingerprint density at radius 1 is 1.24 bits per heavy atom. The van der Waals surface area contributed by atoms with Crippen molar-refractivity contribution in [2.45, 2.75) is 13.0 Å². The van der Waals surface area contributed by atoms with Gasteiger partial charge in [0.05, 0.1) is 12.5 Å². The van der Waals surface area contributed by atoms with Gasteiger partial charge in [0.2, 0.25) is 11.8 Å². The van der Waals surface area contributed by atoms with Crippen LogP contribution in [0, 0.1) is 5.92 Å². The van der Waals surface area contributed by atoms with Crippen LogP contribution in [0.4, 0.5) is 5.69 Å². The zero-order valence-corrected chi connectivity index (χ0v) is 14.4. The van der Waals surface area contributed by atoms with E-state index in [9.17, 15) is 9.59 Å². The molecule has 2 amide bonds. The summed E-state index contributed by atoms with van der Waals surface area (Å²) in [4.78, 5) is 27.5. The molecule has 25 heavy (non-hydrogen) atoms. The first kappa shape index (κ1) is 16.0. The maximum Gasteiger partial charge on any atom is 0.227 e. The summed E-state index contributed by atoms with van der Waals surface area (Å²) < 4.78 is 11.1. The van der Waals surface area contributed by atoms with Crippen molar-refractivity contribution in [3.63, 3.8) is 0 Å². The number of fused-ring (bicyclic) bond motifs is 1. The van der Waals surface area contributed by atoms with Crippen LogP contribution >= 0.6 is 11.3 Å². The highest BCUT2D eigenvalue weighted by Gasteiger charge is 2.35. The molecule has 4 rings (SSSR count). The van der Waals surface area contributed by atoms with Crippen LogP contribution in [0.25, 0.3) is 0 Å². The fourth-order valence-electron chi connectivity index (χ4n) is 3.06. The van der Waals surface area contributed by atoms with Gasteiger partial charge in [0, 0.05) is 29.6 Å². The number of carbonyl (C=O) groups is 2. The lowest BCUT2D eigenvalue weighted by Crippen LogP contribution is -2.32. The second-order valence-corrected chi connectivity index (χ2v) is 7.06. The summed E-state index contributed by atoms with van der Waals surface area (Å²) in [7, 11) is 0. The molecule has 6 nitrogen and oxygen atoms in total. The standard InChI is InChI=1S/C18H18N2O4S/c21-17-8-12(18(22)19-10-14-2-1-7-25-14)11-20(17)13-3-4-15-16(9-13)24-6-5-23-15/h1-4,7,9,12H,5-6,8,10-11H2,(H,19,22)/t12-/m0/s1. The quantitative estimate of drug-likeness (QED) is 0.910. The molecule has 1 aromatic carbocycles. The SMILES string of the molecule is O=C(NCc1cccs1)[C@H]1CC(=O)N(c2ccc3c(c2)OCCO3)C1. The van der Waals surface area contributed by atoms with E-state index in [2.05, 4.69) is 5.32 Å². The summed E-state index contributed by atoms with van der Waals surface area (Å²) in [6.45, 7) is 1.92. The Bertz CT molecular complexity index is 790. The van der Waals surface area contributed by atoms with Crippen molar-refractivity contribution in [3.05, 3.63) is 40.6 Å². The molecule has 0 saturated carbocycles. The second kappa shape index (κ2) is 6.76. The van der Waals surface area contributed by atoms with Gasteiger partial charge in [-0.25, -0.2) is 0 Å². The van der Waals surface area contributed by atoms with E-state index in [1.165, 1.54) is 0 Å². The Labute approximate surface area is 149 Å². The van der Waals surface area contributed by atoms with Crippen LogP contribution in [0.3, 0.4) is 0 Å². The van der Waals surface area contributed by atoms with Gasteiger partial charge in [0.1, 0.15) is 13.2 Å². The Morgan fingerprint density at radius 2 is 2.08 bits per heavy atom. The molecule has 3 heterocycles. The predicted molar refractivity (Wildman–Crippen MR) is 94.1 cm³/mol. The Morgan fingerprint density at radius 3 is 2.88 bits per heavy atom. The lowest BCUT2D eigenvalue weighted by atomic mass is 10.1. The highest BCUT2D eigenvalue weighted by Crippen LogP contribution is 2.35. The number of nitrogens with one attached hydrogen (secondary N) is 1. The van der Waals surface area contributed by atoms with Gasteiger partial charge in [-0.3, -0.25) is 9.59 Å². The van der Waals surface area contributed by atoms with E-state index in [-0.39, 0.29) is 24.2 Å². The van der Waals surface area contributed by atoms with Gasteiger partial charge in [-0.15, -0.1) is 11.3 Å². The predicted octanol–water partition coefficient (Wildman–Crippen LogP) is 2.19. The maximum absolute atomic E-state index is 12.4. The Kier molecular flexibility index (Phi) is 4.31. The van der Waals surface area contributed by atoms with Crippen LogP contribution in [-0.2, 0) is 16.1 Å². The van der Waals surface area contributed by atoms with E-state index in [0.29, 0.717) is 37.8 Å². The molecule has 2 aliphatic rings. The van der Waals surface area contributed by atoms with Crippen molar-refractivity contribution >= 4 is 28.8 Å². The summed E-state index contributed by atoms with van der Waals surface area (Å²) in [5.74, 6) is 0.865. The average Bonchev–Trinajstić information content (AvgIpc) is 3.29. The number of hydrogen-bond donors (Lipinski definition) is 1. The number of hydrogen-bond acceptors (Lipinski definition) is 5. The van der Waals surface area contributed by atoms with Gasteiger partial charge in [0.15, 0.2) is 11.5 Å². The smallest absolute Gasteiger partial charge is 0.227 e. The molecule has 130 valence electrons. The number of ether oxygens (including phenoxy) is 2. The number of amides is 2. The van der Waals surface area contributed by atoms with E-state index in [4.69, 9.17) is 9.47 Å². The van der Waals surface area contributed by atoms with Crippen LogP contribution in [0.1, 0.15) is 11.3 Å². The summed E-state index contributed by atoms with van der Waals surface area (Å²) in [6, 6.07) is 9.37. The normalized spacial score (nSPS) is 19.1. The number of thiophene rings is 1. The van der Waals surface area contributed by atoms with E-state index in [0.717, 1.165) is 10.6 Å². The van der Waals surface area contributed by atoms with E-state index in [1.807, 2.05) is 23.6 Å². The molecule has 2 aromatic rings. The number of benzene rings is 1. The Hall–Kier alpha value is -2.54. The third-order valence-corrected chi connectivity index (χ3v) is 5.23. The first-order chi connectivity index (χ1) is 12.2. The highest BCUT2D eigenvalue weighted by atomic mass is 32.1. The van der Waals surface area contributed by atoms with Crippen molar-refractivity contribution in [1.29, 1.82) is 0 Å². The van der Waals surface area contributed by atoms with Crippen molar-refractivity contribution in [2.75, 3.05) is 24.7 Å². The van der Waals surface area contributed by atoms with Gasteiger partial charge in [-0.2, -0.15) is 0 Å². The minimum atomic E-state index is -0.333. The number of rotatable bonds is 4. The van der Waals surface area contributed by atoms with E-state index in [1.54, 1.807) is 28.4 Å². The zero-order chi connectivity index (χ0) is 17.2. The lowest BCUT2D eigenvalue weighted by Gasteiger charge is -2.22. The molecular weight excluding hydrogens is 340 g/mol. The van der Waals surface area contributed by atoms with Gasteiger partial charge >= 0.3 is 0 Å². The van der Waals surface area contributed by atoms with Crippen LogP contribution in [-0.4, -0.2) is 31.6 Å². The lowest BCUT2D eigenvalue weighted by molar-refractivity contribution is -0.126. The molecule has 1 fully saturated rings. The maximum atomic E-state index is 12.4. The fourth-order valence-corrected chi connectivity index (χ4v) is 3.71. The minimum absolute atomic E-state index is 0.0482. The number of carbonyl (C=O) groups excluding carboxylic acids is 2. The highest BCUT2D eigenvalue weighted by molar-refractivity contribution is 7.09. The van der Waals surface area contributed by atoms with Crippen LogP contribution in [0.15, 0.2) is 35.7 Å². The first-order valence-corrected chi connectivity index (χ1v) is 9.09. The molecule has 0 unspecified atom stereocenters. The van der Waals surface area contributed by atoms with Crippen molar-refractivity contribution in [2.24, 2.45) is 5.92 Å². The largest absolute Gasteiger partial charge is 0.486 e. The molecule has 1 N–H and O–H groups in total. The second-order valence-electron chi connectivity index (χ2n) is 6.03. The van der Waals surface area contributed by atoms with Crippen LogP contribution in [0.5, 0.6) is 11.5 Å². The zero-order valence-electron chi connectivity index (χ0n) is 13.6. The topological polar surface area (TPSA) is 67.9 Å². The van der Waals surface area contributed by atoms with E-state index < -0.39 is 0 Å². The van der Waals surface area contributed by atoms with Crippen molar-refractivity contribution < 1.29 is 19.1 Å². The first-order valence-electron chi connectivity index (χ1n) is 8.21. The minimum Gasteiger partial charge on any atom is -0.486 e.